The van der Waals surface area contributed by atoms with Crippen molar-refractivity contribution in [1.82, 2.24) is 0 Å². The van der Waals surface area contributed by atoms with Crippen molar-refractivity contribution in [2.45, 2.75) is 0 Å². The van der Waals surface area contributed by atoms with Gasteiger partial charge in [-0.25, -0.2) is 9.18 Å². The largest absolute Gasteiger partial charge is 0.465 e. The molecule has 0 saturated heterocycles. The van der Waals surface area contributed by atoms with Crippen LogP contribution in [0.1, 0.15) is 20.8 Å². The average molecular weight is 354 g/mol. The monoisotopic (exact) mass is 354 g/mol. The Morgan fingerprint density at radius 1 is 1.04 bits per heavy atom. The summed E-state index contributed by atoms with van der Waals surface area (Å²) in [6, 6.07) is 17.4. The number of hydrogen-bond donors (Lipinski definition) is 1. The number of thiophene rings is 1. The molecular weight excluding hydrogens is 339 g/mol. The zero-order valence-electron chi connectivity index (χ0n) is 13.4. The molecule has 126 valence electrons. The molecule has 0 amide bonds. The maximum atomic E-state index is 13.2. The Bertz CT molecular complexity index is 889. The third-order valence-electron chi connectivity index (χ3n) is 3.49. The van der Waals surface area contributed by atoms with E-state index in [1.54, 1.807) is 23.6 Å². The number of benzene rings is 2. The van der Waals surface area contributed by atoms with Crippen molar-refractivity contribution in [3.8, 4) is 0 Å². The van der Waals surface area contributed by atoms with Gasteiger partial charge in [0.15, 0.2) is 0 Å². The number of hydrazone groups is 1. The summed E-state index contributed by atoms with van der Waals surface area (Å²) in [5.74, 6) is -0.731. The van der Waals surface area contributed by atoms with Crippen molar-refractivity contribution in [2.24, 2.45) is 5.10 Å². The Hall–Kier alpha value is -2.99. The van der Waals surface area contributed by atoms with Crippen molar-refractivity contribution in [3.63, 3.8) is 0 Å². The summed E-state index contributed by atoms with van der Waals surface area (Å²) in [7, 11) is 1.34. The molecule has 0 unspecified atom stereocenters. The molecule has 25 heavy (non-hydrogen) atoms. The summed E-state index contributed by atoms with van der Waals surface area (Å²) in [6.07, 6.45) is 0. The summed E-state index contributed by atoms with van der Waals surface area (Å²) in [6.45, 7) is 0. The van der Waals surface area contributed by atoms with Crippen LogP contribution in [-0.4, -0.2) is 18.8 Å². The van der Waals surface area contributed by atoms with Crippen LogP contribution < -0.4 is 5.43 Å². The van der Waals surface area contributed by atoms with Gasteiger partial charge in [-0.2, -0.15) is 5.10 Å². The van der Waals surface area contributed by atoms with Crippen molar-refractivity contribution < 1.29 is 13.9 Å². The van der Waals surface area contributed by atoms with E-state index in [2.05, 4.69) is 10.5 Å². The quantitative estimate of drug-likeness (QED) is 0.416. The van der Waals surface area contributed by atoms with Crippen LogP contribution in [0.2, 0.25) is 0 Å². The van der Waals surface area contributed by atoms with Gasteiger partial charge in [-0.3, -0.25) is 5.43 Å². The van der Waals surface area contributed by atoms with Gasteiger partial charge < -0.3 is 4.74 Å². The van der Waals surface area contributed by atoms with Gasteiger partial charge >= 0.3 is 5.97 Å². The number of halogens is 1. The third kappa shape index (κ3) is 3.92. The number of nitrogens with zero attached hydrogens (tertiary/aromatic N) is 1. The second-order valence-electron chi connectivity index (χ2n) is 5.10. The zero-order valence-corrected chi connectivity index (χ0v) is 14.2. The normalized spacial score (nSPS) is 11.2. The fraction of sp³-hybridized carbons (Fsp3) is 0.0526. The molecule has 6 heteroatoms. The maximum absolute atomic E-state index is 13.2. The molecule has 0 aliphatic rings. The highest BCUT2D eigenvalue weighted by molar-refractivity contribution is 7.12. The highest BCUT2D eigenvalue weighted by atomic mass is 32.1. The van der Waals surface area contributed by atoms with Gasteiger partial charge in [0.25, 0.3) is 0 Å². The minimum Gasteiger partial charge on any atom is -0.465 e. The van der Waals surface area contributed by atoms with Gasteiger partial charge in [0.05, 0.1) is 18.5 Å². The van der Waals surface area contributed by atoms with Gasteiger partial charge in [-0.05, 0) is 35.7 Å². The summed E-state index contributed by atoms with van der Waals surface area (Å²) >= 11 is 1.27. The topological polar surface area (TPSA) is 50.7 Å². The summed E-state index contributed by atoms with van der Waals surface area (Å²) in [5, 5.41) is 6.24. The van der Waals surface area contributed by atoms with E-state index in [1.807, 2.05) is 30.3 Å². The van der Waals surface area contributed by atoms with Crippen molar-refractivity contribution >= 4 is 28.7 Å². The molecule has 0 aliphatic heterocycles. The lowest BCUT2D eigenvalue weighted by Gasteiger charge is -2.09. The molecule has 0 spiro atoms. The maximum Gasteiger partial charge on any atom is 0.350 e. The Labute approximate surface area is 148 Å². The van der Waals surface area contributed by atoms with E-state index in [0.717, 1.165) is 11.1 Å². The number of nitrogens with one attached hydrogen (secondary N) is 1. The van der Waals surface area contributed by atoms with Gasteiger partial charge in [-0.15, -0.1) is 11.3 Å². The molecule has 0 fully saturated rings. The van der Waals surface area contributed by atoms with Crippen LogP contribution >= 0.6 is 11.3 Å². The predicted molar refractivity (Wildman–Crippen MR) is 97.8 cm³/mol. The Kier molecular flexibility index (Phi) is 5.20. The van der Waals surface area contributed by atoms with Crippen LogP contribution in [-0.2, 0) is 4.74 Å². The van der Waals surface area contributed by atoms with Crippen LogP contribution in [0.4, 0.5) is 10.1 Å². The molecule has 4 nitrogen and oxygen atoms in total. The second-order valence-corrected chi connectivity index (χ2v) is 6.02. The first-order chi connectivity index (χ1) is 12.2. The lowest BCUT2D eigenvalue weighted by molar-refractivity contribution is 0.0607. The molecule has 0 atom stereocenters. The molecular formula is C19H15FN2O2S. The van der Waals surface area contributed by atoms with Gasteiger partial charge in [-0.1, -0.05) is 30.3 Å². The number of methoxy groups -OCH3 is 1. The first kappa shape index (κ1) is 16.9. The first-order valence-electron chi connectivity index (χ1n) is 7.50. The number of anilines is 1. The van der Waals surface area contributed by atoms with Crippen LogP contribution in [0.15, 0.2) is 71.1 Å². The summed E-state index contributed by atoms with van der Waals surface area (Å²) in [5.41, 5.74) is 5.76. The van der Waals surface area contributed by atoms with Gasteiger partial charge in [0.2, 0.25) is 0 Å². The average Bonchev–Trinajstić information content (AvgIpc) is 3.12. The first-order valence-corrected chi connectivity index (χ1v) is 8.38. The molecule has 0 aliphatic carbocycles. The van der Waals surface area contributed by atoms with Crippen molar-refractivity contribution in [3.05, 3.63) is 87.9 Å². The minimum absolute atomic E-state index is 0.310. The SMILES string of the molecule is COC(=O)c1sccc1N/N=C(\c1ccccc1)c1ccc(F)cc1. The van der Waals surface area contributed by atoms with E-state index in [1.165, 1.54) is 30.6 Å². The molecule has 1 aromatic heterocycles. The van der Waals surface area contributed by atoms with Crippen LogP contribution in [0, 0.1) is 5.82 Å². The standard InChI is InChI=1S/C19H15FN2O2S/c1-24-19(23)18-16(11-12-25-18)21-22-17(13-5-3-2-4-6-13)14-7-9-15(20)10-8-14/h2-12,21H,1H3/b22-17+. The Morgan fingerprint density at radius 2 is 1.72 bits per heavy atom. The van der Waals surface area contributed by atoms with Gasteiger partial charge in [0.1, 0.15) is 10.7 Å². The summed E-state index contributed by atoms with van der Waals surface area (Å²) < 4.78 is 18.0. The fourth-order valence-electron chi connectivity index (χ4n) is 2.26. The molecule has 1 N–H and O–H groups in total. The van der Waals surface area contributed by atoms with E-state index >= 15 is 0 Å². The smallest absolute Gasteiger partial charge is 0.350 e. The molecule has 2 aromatic carbocycles. The number of carbonyl (C=O) groups is 1. The fourth-order valence-corrected chi connectivity index (χ4v) is 3.02. The molecule has 1 heterocycles. The molecule has 0 bridgehead atoms. The van der Waals surface area contributed by atoms with E-state index in [9.17, 15) is 9.18 Å². The number of ether oxygens (including phenoxy) is 1. The molecule has 0 saturated carbocycles. The Balaban J connectivity index is 1.98. The van der Waals surface area contributed by atoms with E-state index < -0.39 is 5.97 Å². The second kappa shape index (κ2) is 7.72. The van der Waals surface area contributed by atoms with E-state index in [-0.39, 0.29) is 5.82 Å². The molecule has 3 rings (SSSR count). The number of esters is 1. The van der Waals surface area contributed by atoms with Crippen LogP contribution in [0.25, 0.3) is 0 Å². The van der Waals surface area contributed by atoms with Crippen LogP contribution in [0.5, 0.6) is 0 Å². The molecule has 3 aromatic rings. The van der Waals surface area contributed by atoms with E-state index in [0.29, 0.717) is 16.3 Å². The van der Waals surface area contributed by atoms with Crippen molar-refractivity contribution in [2.75, 3.05) is 12.5 Å². The van der Waals surface area contributed by atoms with E-state index in [4.69, 9.17) is 4.74 Å². The number of hydrogen-bond acceptors (Lipinski definition) is 5. The van der Waals surface area contributed by atoms with Crippen LogP contribution in [0.3, 0.4) is 0 Å². The predicted octanol–water partition coefficient (Wildman–Crippen LogP) is 4.54. The molecule has 0 radical (unpaired) electrons. The number of rotatable bonds is 5. The highest BCUT2D eigenvalue weighted by Gasteiger charge is 2.14. The lowest BCUT2D eigenvalue weighted by Crippen LogP contribution is -2.08. The number of carbonyl (C=O) groups excluding carboxylic acids is 1. The lowest BCUT2D eigenvalue weighted by atomic mass is 10.0. The Morgan fingerprint density at radius 3 is 2.40 bits per heavy atom. The third-order valence-corrected chi connectivity index (χ3v) is 4.38. The van der Waals surface area contributed by atoms with Gasteiger partial charge in [0, 0.05) is 11.1 Å². The summed E-state index contributed by atoms with van der Waals surface area (Å²) in [4.78, 5) is 12.2. The minimum atomic E-state index is -0.421. The highest BCUT2D eigenvalue weighted by Crippen LogP contribution is 2.23. The van der Waals surface area contributed by atoms with Crippen molar-refractivity contribution in [1.29, 1.82) is 0 Å². The zero-order chi connectivity index (χ0) is 17.6.